The van der Waals surface area contributed by atoms with Gasteiger partial charge in [0.15, 0.2) is 0 Å². The van der Waals surface area contributed by atoms with E-state index in [1.165, 1.54) is 24.8 Å². The van der Waals surface area contributed by atoms with Crippen molar-refractivity contribution >= 4 is 6.29 Å². The maximum Gasteiger partial charge on any atom is 0.120 e. The second-order valence-electron chi connectivity index (χ2n) is 3.88. The molecule has 0 aliphatic rings. The van der Waals surface area contributed by atoms with Crippen molar-refractivity contribution in [2.24, 2.45) is 5.92 Å². The van der Waals surface area contributed by atoms with Gasteiger partial charge < -0.3 is 4.79 Å². The molecular formula is C12H22O. The van der Waals surface area contributed by atoms with Crippen molar-refractivity contribution in [3.05, 3.63) is 11.6 Å². The van der Waals surface area contributed by atoms with Gasteiger partial charge in [-0.1, -0.05) is 25.0 Å². The highest BCUT2D eigenvalue weighted by Crippen LogP contribution is 2.15. The monoisotopic (exact) mass is 182 g/mol. The van der Waals surface area contributed by atoms with Crippen LogP contribution in [0.2, 0.25) is 0 Å². The minimum atomic E-state index is 0.704. The molecule has 1 heteroatoms. The van der Waals surface area contributed by atoms with Gasteiger partial charge in [-0.25, -0.2) is 0 Å². The highest BCUT2D eigenvalue weighted by atomic mass is 16.1. The van der Waals surface area contributed by atoms with Crippen LogP contribution < -0.4 is 0 Å². The molecule has 0 saturated carbocycles. The number of hydrogen-bond acceptors (Lipinski definition) is 1. The lowest BCUT2D eigenvalue weighted by Crippen LogP contribution is -1.95. The lowest BCUT2D eigenvalue weighted by atomic mass is 9.97. The molecule has 0 rings (SSSR count). The fourth-order valence-corrected chi connectivity index (χ4v) is 1.37. The molecule has 0 N–H and O–H groups in total. The SMILES string of the molecule is CC=C(C)CCCC(C)CCC=O. The summed E-state index contributed by atoms with van der Waals surface area (Å²) in [5, 5.41) is 0. The first-order valence-electron chi connectivity index (χ1n) is 5.26. The maximum absolute atomic E-state index is 10.1. The van der Waals surface area contributed by atoms with Gasteiger partial charge in [-0.3, -0.25) is 0 Å². The first kappa shape index (κ1) is 12.4. The maximum atomic E-state index is 10.1. The number of carbonyl (C=O) groups excluding carboxylic acids is 1. The smallest absolute Gasteiger partial charge is 0.120 e. The first-order chi connectivity index (χ1) is 6.20. The van der Waals surface area contributed by atoms with E-state index < -0.39 is 0 Å². The van der Waals surface area contributed by atoms with E-state index in [1.807, 2.05) is 0 Å². The lowest BCUT2D eigenvalue weighted by Gasteiger charge is -2.08. The third-order valence-corrected chi connectivity index (χ3v) is 2.54. The van der Waals surface area contributed by atoms with Crippen LogP contribution in [0, 0.1) is 5.92 Å². The average molecular weight is 182 g/mol. The van der Waals surface area contributed by atoms with Crippen molar-refractivity contribution in [2.45, 2.75) is 52.9 Å². The summed E-state index contributed by atoms with van der Waals surface area (Å²) in [5.41, 5.74) is 1.47. The molecule has 1 nitrogen and oxygen atoms in total. The Balaban J connectivity index is 3.36. The Hall–Kier alpha value is -0.590. The minimum Gasteiger partial charge on any atom is -0.303 e. The molecule has 0 saturated heterocycles. The Morgan fingerprint density at radius 3 is 2.62 bits per heavy atom. The van der Waals surface area contributed by atoms with Crippen molar-refractivity contribution in [1.82, 2.24) is 0 Å². The Morgan fingerprint density at radius 1 is 1.38 bits per heavy atom. The van der Waals surface area contributed by atoms with Crippen LogP contribution >= 0.6 is 0 Å². The van der Waals surface area contributed by atoms with Crippen LogP contribution in [0.1, 0.15) is 52.9 Å². The van der Waals surface area contributed by atoms with Crippen LogP contribution in [0.15, 0.2) is 11.6 Å². The largest absolute Gasteiger partial charge is 0.303 e. The normalized spacial score (nSPS) is 14.2. The van der Waals surface area contributed by atoms with Gasteiger partial charge >= 0.3 is 0 Å². The molecule has 0 aliphatic heterocycles. The third-order valence-electron chi connectivity index (χ3n) is 2.54. The van der Waals surface area contributed by atoms with E-state index in [4.69, 9.17) is 0 Å². The van der Waals surface area contributed by atoms with E-state index in [0.29, 0.717) is 5.92 Å². The highest BCUT2D eigenvalue weighted by Gasteiger charge is 2.01. The van der Waals surface area contributed by atoms with E-state index in [1.54, 1.807) is 0 Å². The number of allylic oxidation sites excluding steroid dienone is 2. The van der Waals surface area contributed by atoms with Crippen molar-refractivity contribution in [2.75, 3.05) is 0 Å². The molecule has 0 fully saturated rings. The number of rotatable bonds is 7. The number of carbonyl (C=O) groups is 1. The van der Waals surface area contributed by atoms with Crippen LogP contribution in [0.4, 0.5) is 0 Å². The summed E-state index contributed by atoms with van der Waals surface area (Å²) in [5.74, 6) is 0.704. The van der Waals surface area contributed by atoms with E-state index in [-0.39, 0.29) is 0 Å². The van der Waals surface area contributed by atoms with Crippen LogP contribution in [0.5, 0.6) is 0 Å². The van der Waals surface area contributed by atoms with Crippen molar-refractivity contribution in [1.29, 1.82) is 0 Å². The highest BCUT2D eigenvalue weighted by molar-refractivity contribution is 5.49. The van der Waals surface area contributed by atoms with Crippen LogP contribution in [0.3, 0.4) is 0 Å². The summed E-state index contributed by atoms with van der Waals surface area (Å²) in [7, 11) is 0. The average Bonchev–Trinajstić information content (AvgIpc) is 2.14. The van der Waals surface area contributed by atoms with Crippen molar-refractivity contribution < 1.29 is 4.79 Å². The predicted octanol–water partition coefficient (Wildman–Crippen LogP) is 3.74. The Bertz CT molecular complexity index is 159. The lowest BCUT2D eigenvalue weighted by molar-refractivity contribution is -0.108. The Morgan fingerprint density at radius 2 is 2.08 bits per heavy atom. The second-order valence-corrected chi connectivity index (χ2v) is 3.88. The number of aldehydes is 1. The van der Waals surface area contributed by atoms with Gasteiger partial charge in [0, 0.05) is 6.42 Å². The Labute approximate surface area is 82.2 Å². The zero-order chi connectivity index (χ0) is 10.1. The van der Waals surface area contributed by atoms with Crippen LogP contribution in [-0.4, -0.2) is 6.29 Å². The molecule has 0 aromatic rings. The summed E-state index contributed by atoms with van der Waals surface area (Å²) >= 11 is 0. The molecule has 0 radical (unpaired) electrons. The van der Waals surface area contributed by atoms with Crippen LogP contribution in [0.25, 0.3) is 0 Å². The zero-order valence-corrected chi connectivity index (χ0v) is 9.18. The molecule has 13 heavy (non-hydrogen) atoms. The predicted molar refractivity (Wildman–Crippen MR) is 57.7 cm³/mol. The van der Waals surface area contributed by atoms with Gasteiger partial charge in [-0.05, 0) is 39.0 Å². The topological polar surface area (TPSA) is 17.1 Å². The molecule has 0 aromatic heterocycles. The van der Waals surface area contributed by atoms with E-state index in [0.717, 1.165) is 19.1 Å². The van der Waals surface area contributed by atoms with E-state index in [9.17, 15) is 4.79 Å². The second kappa shape index (κ2) is 8.03. The van der Waals surface area contributed by atoms with Gasteiger partial charge in [0.25, 0.3) is 0 Å². The van der Waals surface area contributed by atoms with E-state index in [2.05, 4.69) is 26.8 Å². The quantitative estimate of drug-likeness (QED) is 0.433. The summed E-state index contributed by atoms with van der Waals surface area (Å²) < 4.78 is 0. The molecule has 76 valence electrons. The van der Waals surface area contributed by atoms with Gasteiger partial charge in [-0.15, -0.1) is 0 Å². The summed E-state index contributed by atoms with van der Waals surface area (Å²) in [6, 6.07) is 0. The minimum absolute atomic E-state index is 0.704. The van der Waals surface area contributed by atoms with Crippen molar-refractivity contribution in [3.8, 4) is 0 Å². The third kappa shape index (κ3) is 7.76. The summed E-state index contributed by atoms with van der Waals surface area (Å²) in [4.78, 5) is 10.1. The summed E-state index contributed by atoms with van der Waals surface area (Å²) in [6.07, 6.45) is 8.70. The standard InChI is InChI=1S/C12H22O/c1-4-11(2)7-5-8-12(3)9-6-10-13/h4,10,12H,5-9H2,1-3H3. The zero-order valence-electron chi connectivity index (χ0n) is 9.18. The van der Waals surface area contributed by atoms with Crippen molar-refractivity contribution in [3.63, 3.8) is 0 Å². The first-order valence-corrected chi connectivity index (χ1v) is 5.26. The molecule has 0 amide bonds. The van der Waals surface area contributed by atoms with Gasteiger partial charge in [0.05, 0.1) is 0 Å². The molecule has 0 heterocycles. The molecule has 0 aromatic carbocycles. The Kier molecular flexibility index (Phi) is 7.66. The van der Waals surface area contributed by atoms with Gasteiger partial charge in [0.1, 0.15) is 6.29 Å². The number of hydrogen-bond donors (Lipinski definition) is 0. The van der Waals surface area contributed by atoms with Crippen LogP contribution in [-0.2, 0) is 4.79 Å². The fraction of sp³-hybridized carbons (Fsp3) is 0.750. The molecule has 0 bridgehead atoms. The molecule has 1 atom stereocenters. The summed E-state index contributed by atoms with van der Waals surface area (Å²) in [6.45, 7) is 6.50. The molecule has 1 unspecified atom stereocenters. The molecular weight excluding hydrogens is 160 g/mol. The van der Waals surface area contributed by atoms with Gasteiger partial charge in [0.2, 0.25) is 0 Å². The van der Waals surface area contributed by atoms with E-state index >= 15 is 0 Å². The van der Waals surface area contributed by atoms with Gasteiger partial charge in [-0.2, -0.15) is 0 Å². The molecule has 0 aliphatic carbocycles. The fourth-order valence-electron chi connectivity index (χ4n) is 1.37. The molecule has 0 spiro atoms.